The van der Waals surface area contributed by atoms with Gasteiger partial charge in [-0.2, -0.15) is 0 Å². The molecule has 0 radical (unpaired) electrons. The Bertz CT molecular complexity index is 469. The van der Waals surface area contributed by atoms with Crippen LogP contribution in [0.1, 0.15) is 48.9 Å². The van der Waals surface area contributed by atoms with Gasteiger partial charge in [0.15, 0.2) is 11.5 Å². The number of hydrogen-bond acceptors (Lipinski definition) is 4. The number of amides is 1. The SMILES string of the molecule is CCC1CCC(=O)N(Cc2cc(C(=O)O)no2)CC1. The molecule has 1 aromatic heterocycles. The third-order valence-corrected chi connectivity index (χ3v) is 3.63. The van der Waals surface area contributed by atoms with E-state index in [0.29, 0.717) is 31.2 Å². The Morgan fingerprint density at radius 1 is 1.58 bits per heavy atom. The molecule has 1 N–H and O–H groups in total. The molecule has 6 heteroatoms. The average molecular weight is 266 g/mol. The summed E-state index contributed by atoms with van der Waals surface area (Å²) >= 11 is 0. The van der Waals surface area contributed by atoms with Gasteiger partial charge in [0.05, 0.1) is 6.54 Å². The van der Waals surface area contributed by atoms with Crippen molar-refractivity contribution in [1.29, 1.82) is 0 Å². The summed E-state index contributed by atoms with van der Waals surface area (Å²) in [4.78, 5) is 24.4. The highest BCUT2D eigenvalue weighted by atomic mass is 16.5. The highest BCUT2D eigenvalue weighted by Crippen LogP contribution is 2.22. The quantitative estimate of drug-likeness (QED) is 0.900. The lowest BCUT2D eigenvalue weighted by Crippen LogP contribution is -2.29. The average Bonchev–Trinajstić information content (AvgIpc) is 2.78. The van der Waals surface area contributed by atoms with Crippen molar-refractivity contribution in [2.75, 3.05) is 6.54 Å². The van der Waals surface area contributed by atoms with Crippen LogP contribution in [0.5, 0.6) is 0 Å². The Balaban J connectivity index is 2.00. The van der Waals surface area contributed by atoms with Crippen molar-refractivity contribution in [3.63, 3.8) is 0 Å². The number of aromatic carboxylic acids is 1. The number of carboxylic acid groups (broad SMARTS) is 1. The van der Waals surface area contributed by atoms with E-state index >= 15 is 0 Å². The van der Waals surface area contributed by atoms with E-state index in [2.05, 4.69) is 12.1 Å². The molecule has 6 nitrogen and oxygen atoms in total. The van der Waals surface area contributed by atoms with Crippen molar-refractivity contribution in [2.24, 2.45) is 5.92 Å². The van der Waals surface area contributed by atoms with Crippen LogP contribution in [0.2, 0.25) is 0 Å². The lowest BCUT2D eigenvalue weighted by molar-refractivity contribution is -0.131. The van der Waals surface area contributed by atoms with Gasteiger partial charge in [0.1, 0.15) is 0 Å². The van der Waals surface area contributed by atoms with Gasteiger partial charge in [-0.05, 0) is 18.8 Å². The van der Waals surface area contributed by atoms with Gasteiger partial charge in [-0.1, -0.05) is 18.5 Å². The molecule has 2 heterocycles. The summed E-state index contributed by atoms with van der Waals surface area (Å²) in [5.74, 6) is -0.00794. The zero-order chi connectivity index (χ0) is 13.8. The highest BCUT2D eigenvalue weighted by Gasteiger charge is 2.23. The molecule has 0 aliphatic carbocycles. The first-order valence-electron chi connectivity index (χ1n) is 6.56. The lowest BCUT2D eigenvalue weighted by atomic mass is 9.98. The maximum atomic E-state index is 12.0. The van der Waals surface area contributed by atoms with Crippen molar-refractivity contribution >= 4 is 11.9 Å². The molecule has 1 amide bonds. The van der Waals surface area contributed by atoms with E-state index in [1.54, 1.807) is 4.90 Å². The molecule has 0 saturated carbocycles. The summed E-state index contributed by atoms with van der Waals surface area (Å²) in [6, 6.07) is 1.37. The topological polar surface area (TPSA) is 83.6 Å². The number of carboxylic acids is 1. The largest absolute Gasteiger partial charge is 0.476 e. The first kappa shape index (κ1) is 13.6. The van der Waals surface area contributed by atoms with Gasteiger partial charge in [0.25, 0.3) is 0 Å². The second-order valence-electron chi connectivity index (χ2n) is 4.90. The fraction of sp³-hybridized carbons (Fsp3) is 0.615. The van der Waals surface area contributed by atoms with Crippen LogP contribution in [0.25, 0.3) is 0 Å². The zero-order valence-electron chi connectivity index (χ0n) is 11.0. The van der Waals surface area contributed by atoms with Crippen molar-refractivity contribution in [2.45, 2.75) is 39.2 Å². The Morgan fingerprint density at radius 3 is 3.00 bits per heavy atom. The van der Waals surface area contributed by atoms with Crippen LogP contribution in [0.3, 0.4) is 0 Å². The van der Waals surface area contributed by atoms with Crippen LogP contribution in [0, 0.1) is 5.92 Å². The Labute approximate surface area is 111 Å². The molecule has 2 rings (SSSR count). The molecule has 0 aromatic carbocycles. The van der Waals surface area contributed by atoms with E-state index in [1.165, 1.54) is 6.07 Å². The molecule has 1 fully saturated rings. The predicted molar refractivity (Wildman–Crippen MR) is 66.5 cm³/mol. The maximum Gasteiger partial charge on any atom is 0.358 e. The number of carbonyl (C=O) groups is 2. The van der Waals surface area contributed by atoms with Crippen LogP contribution in [0.15, 0.2) is 10.6 Å². The van der Waals surface area contributed by atoms with E-state index in [0.717, 1.165) is 19.3 Å². The normalized spacial score (nSPS) is 20.4. The van der Waals surface area contributed by atoms with Gasteiger partial charge in [-0.15, -0.1) is 0 Å². The Morgan fingerprint density at radius 2 is 2.37 bits per heavy atom. The van der Waals surface area contributed by atoms with Crippen LogP contribution in [0.4, 0.5) is 0 Å². The summed E-state index contributed by atoms with van der Waals surface area (Å²) in [6.45, 7) is 3.14. The van der Waals surface area contributed by atoms with E-state index in [1.807, 2.05) is 0 Å². The van der Waals surface area contributed by atoms with Crippen molar-refractivity contribution < 1.29 is 19.2 Å². The molecule has 1 atom stereocenters. The van der Waals surface area contributed by atoms with Gasteiger partial charge in [-0.25, -0.2) is 4.79 Å². The molecule has 0 bridgehead atoms. The van der Waals surface area contributed by atoms with Crippen molar-refractivity contribution in [3.8, 4) is 0 Å². The second-order valence-corrected chi connectivity index (χ2v) is 4.90. The number of aromatic nitrogens is 1. The van der Waals surface area contributed by atoms with E-state index in [9.17, 15) is 9.59 Å². The number of rotatable bonds is 4. The number of hydrogen-bond donors (Lipinski definition) is 1. The minimum atomic E-state index is -1.12. The van der Waals surface area contributed by atoms with Gasteiger partial charge < -0.3 is 14.5 Å². The first-order valence-corrected chi connectivity index (χ1v) is 6.56. The molecule has 104 valence electrons. The minimum Gasteiger partial charge on any atom is -0.476 e. The van der Waals surface area contributed by atoms with Gasteiger partial charge in [0, 0.05) is 19.0 Å². The van der Waals surface area contributed by atoms with E-state index < -0.39 is 5.97 Å². The van der Waals surface area contributed by atoms with Crippen LogP contribution < -0.4 is 0 Å². The smallest absolute Gasteiger partial charge is 0.358 e. The highest BCUT2D eigenvalue weighted by molar-refractivity contribution is 5.85. The predicted octanol–water partition coefficient (Wildman–Crippen LogP) is 1.91. The molecular weight excluding hydrogens is 248 g/mol. The van der Waals surface area contributed by atoms with Crippen molar-refractivity contribution in [3.05, 3.63) is 17.5 Å². The third kappa shape index (κ3) is 3.33. The minimum absolute atomic E-state index is 0.101. The van der Waals surface area contributed by atoms with Gasteiger partial charge >= 0.3 is 5.97 Å². The summed E-state index contributed by atoms with van der Waals surface area (Å²) in [6.07, 6.45) is 3.57. The maximum absolute atomic E-state index is 12.0. The first-order chi connectivity index (χ1) is 9.10. The van der Waals surface area contributed by atoms with Crippen LogP contribution in [-0.4, -0.2) is 33.6 Å². The van der Waals surface area contributed by atoms with E-state index in [4.69, 9.17) is 9.63 Å². The summed E-state index contributed by atoms with van der Waals surface area (Å²) in [5, 5.41) is 12.2. The molecular formula is C13H18N2O4. The number of nitrogens with zero attached hydrogens (tertiary/aromatic N) is 2. The van der Waals surface area contributed by atoms with Gasteiger partial charge in [-0.3, -0.25) is 4.79 Å². The standard InChI is InChI=1S/C13H18N2O4/c1-2-9-3-4-12(16)15(6-5-9)8-10-7-11(13(17)18)14-19-10/h7,9H,2-6,8H2,1H3,(H,17,18). The van der Waals surface area contributed by atoms with Crippen molar-refractivity contribution in [1.82, 2.24) is 10.1 Å². The summed E-state index contributed by atoms with van der Waals surface area (Å²) < 4.78 is 4.95. The second kappa shape index (κ2) is 5.86. The Kier molecular flexibility index (Phi) is 4.19. The fourth-order valence-electron chi connectivity index (χ4n) is 2.35. The molecule has 1 aliphatic heterocycles. The molecule has 1 aromatic rings. The van der Waals surface area contributed by atoms with Crippen LogP contribution in [-0.2, 0) is 11.3 Å². The fourth-order valence-corrected chi connectivity index (χ4v) is 2.35. The molecule has 1 unspecified atom stereocenters. The van der Waals surface area contributed by atoms with Crippen LogP contribution >= 0.6 is 0 Å². The monoisotopic (exact) mass is 266 g/mol. The molecule has 19 heavy (non-hydrogen) atoms. The molecule has 1 aliphatic rings. The summed E-state index contributed by atoms with van der Waals surface area (Å²) in [5.41, 5.74) is -0.122. The van der Waals surface area contributed by atoms with E-state index in [-0.39, 0.29) is 11.6 Å². The zero-order valence-corrected chi connectivity index (χ0v) is 11.0. The number of carbonyl (C=O) groups excluding carboxylic acids is 1. The molecule has 0 spiro atoms. The lowest BCUT2D eigenvalue weighted by Gasteiger charge is -2.18. The summed E-state index contributed by atoms with van der Waals surface area (Å²) in [7, 11) is 0. The Hall–Kier alpha value is -1.85. The number of likely N-dealkylation sites (tertiary alicyclic amines) is 1. The van der Waals surface area contributed by atoms with Gasteiger partial charge in [0.2, 0.25) is 5.91 Å². The molecule has 1 saturated heterocycles. The third-order valence-electron chi connectivity index (χ3n) is 3.63.